The molecule has 2 aromatic heterocycles. The Bertz CT molecular complexity index is 1260. The molecule has 4 aromatic rings. The molecular weight excluding hydrogens is 421 g/mol. The number of likely N-dealkylation sites (N-methyl/N-ethyl adjacent to an activating group) is 1. The van der Waals surface area contributed by atoms with Crippen LogP contribution in [0.25, 0.3) is 22.0 Å². The second-order valence-corrected chi connectivity index (χ2v) is 7.67. The summed E-state index contributed by atoms with van der Waals surface area (Å²) in [6, 6.07) is 11.3. The minimum absolute atomic E-state index is 0.138. The van der Waals surface area contributed by atoms with Crippen LogP contribution in [0, 0.1) is 5.82 Å². The van der Waals surface area contributed by atoms with Crippen LogP contribution in [0.5, 0.6) is 11.5 Å². The van der Waals surface area contributed by atoms with Crippen molar-refractivity contribution in [2.24, 2.45) is 7.05 Å². The zero-order chi connectivity index (χ0) is 23.4. The minimum Gasteiger partial charge on any atom is -0.497 e. The number of halogens is 1. The number of fused-ring (bicyclic) bond motifs is 1. The molecule has 0 atom stereocenters. The van der Waals surface area contributed by atoms with Crippen molar-refractivity contribution in [1.29, 1.82) is 0 Å². The third-order valence-corrected chi connectivity index (χ3v) is 5.52. The highest BCUT2D eigenvalue weighted by molar-refractivity contribution is 5.87. The summed E-state index contributed by atoms with van der Waals surface area (Å²) in [5.74, 6) is 0.231. The molecule has 0 bridgehead atoms. The number of aryl methyl sites for hydroxylation is 1. The van der Waals surface area contributed by atoms with Crippen molar-refractivity contribution >= 4 is 22.3 Å². The molecule has 0 unspecified atom stereocenters. The molecule has 2 heterocycles. The van der Waals surface area contributed by atoms with E-state index in [-0.39, 0.29) is 5.75 Å². The maximum Gasteiger partial charge on any atom is 0.188 e. The van der Waals surface area contributed by atoms with E-state index in [0.29, 0.717) is 24.5 Å². The molecule has 1 N–H and O–H groups in total. The third kappa shape index (κ3) is 4.75. The Morgan fingerprint density at radius 3 is 2.61 bits per heavy atom. The molecule has 7 nitrogen and oxygen atoms in total. The number of benzene rings is 2. The van der Waals surface area contributed by atoms with Crippen molar-refractivity contribution < 1.29 is 13.9 Å². The van der Waals surface area contributed by atoms with Crippen LogP contribution in [0.1, 0.15) is 6.92 Å². The zero-order valence-electron chi connectivity index (χ0n) is 19.3. The van der Waals surface area contributed by atoms with Gasteiger partial charge in [0, 0.05) is 66.9 Å². The standard InChI is InChI=1S/C25H28FN5O2/c1-5-27-8-9-31(23-12-21(32-3)13-24(33-4)25(23)26)20-6-7-22-17(11-20)10-18(14-28-22)19-15-29-30(2)16-19/h6-7,10-16,27H,5,8-9H2,1-4H3. The zero-order valence-corrected chi connectivity index (χ0v) is 19.3. The van der Waals surface area contributed by atoms with E-state index >= 15 is 4.39 Å². The van der Waals surface area contributed by atoms with Gasteiger partial charge in [0.1, 0.15) is 5.75 Å². The Balaban J connectivity index is 1.81. The molecule has 33 heavy (non-hydrogen) atoms. The number of aromatic nitrogens is 3. The largest absolute Gasteiger partial charge is 0.497 e. The number of ether oxygens (including phenoxy) is 2. The summed E-state index contributed by atoms with van der Waals surface area (Å²) in [4.78, 5) is 6.54. The number of methoxy groups -OCH3 is 2. The van der Waals surface area contributed by atoms with E-state index in [1.165, 1.54) is 7.11 Å². The molecule has 172 valence electrons. The van der Waals surface area contributed by atoms with Gasteiger partial charge in [0.15, 0.2) is 11.6 Å². The van der Waals surface area contributed by atoms with Crippen molar-refractivity contribution in [3.63, 3.8) is 0 Å². The second kappa shape index (κ2) is 9.87. The van der Waals surface area contributed by atoms with E-state index in [4.69, 9.17) is 9.47 Å². The summed E-state index contributed by atoms with van der Waals surface area (Å²) in [6.45, 7) is 4.11. The van der Waals surface area contributed by atoms with Crippen LogP contribution in [-0.4, -0.2) is 48.6 Å². The van der Waals surface area contributed by atoms with E-state index in [0.717, 1.165) is 34.3 Å². The number of anilines is 2. The van der Waals surface area contributed by atoms with Gasteiger partial charge in [-0.05, 0) is 30.8 Å². The fourth-order valence-corrected chi connectivity index (χ4v) is 3.79. The molecule has 0 aliphatic heterocycles. The molecule has 4 rings (SSSR count). The van der Waals surface area contributed by atoms with Crippen LogP contribution in [0.2, 0.25) is 0 Å². The normalized spacial score (nSPS) is 11.1. The topological polar surface area (TPSA) is 64.4 Å². The first-order valence-corrected chi connectivity index (χ1v) is 10.8. The lowest BCUT2D eigenvalue weighted by molar-refractivity contribution is 0.374. The van der Waals surface area contributed by atoms with Gasteiger partial charge in [0.05, 0.1) is 31.6 Å². The monoisotopic (exact) mass is 449 g/mol. The van der Waals surface area contributed by atoms with Crippen molar-refractivity contribution in [3.8, 4) is 22.6 Å². The van der Waals surface area contributed by atoms with Crippen molar-refractivity contribution in [1.82, 2.24) is 20.1 Å². The van der Waals surface area contributed by atoms with Crippen LogP contribution in [0.4, 0.5) is 15.8 Å². The summed E-state index contributed by atoms with van der Waals surface area (Å²) in [5.41, 5.74) is 4.06. The predicted molar refractivity (Wildman–Crippen MR) is 129 cm³/mol. The van der Waals surface area contributed by atoms with E-state index < -0.39 is 5.82 Å². The van der Waals surface area contributed by atoms with Crippen molar-refractivity contribution in [2.45, 2.75) is 6.92 Å². The number of pyridine rings is 1. The Hall–Kier alpha value is -3.65. The van der Waals surface area contributed by atoms with Crippen LogP contribution in [0.3, 0.4) is 0 Å². The first kappa shape index (κ1) is 22.5. The minimum atomic E-state index is -0.433. The molecule has 8 heteroatoms. The number of hydrogen-bond acceptors (Lipinski definition) is 6. The lowest BCUT2D eigenvalue weighted by Crippen LogP contribution is -2.29. The van der Waals surface area contributed by atoms with Crippen molar-refractivity contribution in [2.75, 3.05) is 38.8 Å². The van der Waals surface area contributed by atoms with Crippen LogP contribution < -0.4 is 19.7 Å². The van der Waals surface area contributed by atoms with Crippen LogP contribution >= 0.6 is 0 Å². The summed E-state index contributed by atoms with van der Waals surface area (Å²) in [7, 11) is 4.89. The fraction of sp³-hybridized carbons (Fsp3) is 0.280. The molecule has 0 aliphatic carbocycles. The summed E-state index contributed by atoms with van der Waals surface area (Å²) < 4.78 is 27.8. The van der Waals surface area contributed by atoms with E-state index in [9.17, 15) is 0 Å². The molecule has 0 aliphatic rings. The lowest BCUT2D eigenvalue weighted by Gasteiger charge is -2.27. The van der Waals surface area contributed by atoms with Gasteiger partial charge in [-0.15, -0.1) is 0 Å². The Morgan fingerprint density at radius 1 is 1.06 bits per heavy atom. The van der Waals surface area contributed by atoms with E-state index in [2.05, 4.69) is 21.5 Å². The number of rotatable bonds is 9. The summed E-state index contributed by atoms with van der Waals surface area (Å²) in [6.07, 6.45) is 5.61. The highest BCUT2D eigenvalue weighted by Gasteiger charge is 2.20. The average Bonchev–Trinajstić information content (AvgIpc) is 3.28. The number of nitrogens with zero attached hydrogens (tertiary/aromatic N) is 4. The molecule has 0 spiro atoms. The Morgan fingerprint density at radius 2 is 1.91 bits per heavy atom. The van der Waals surface area contributed by atoms with Gasteiger partial charge in [-0.2, -0.15) is 5.10 Å². The fourth-order valence-electron chi connectivity index (χ4n) is 3.79. The molecular formula is C25H28FN5O2. The van der Waals surface area contributed by atoms with Crippen LogP contribution in [0.15, 0.2) is 55.0 Å². The average molecular weight is 450 g/mol. The van der Waals surface area contributed by atoms with E-state index in [1.807, 2.05) is 55.7 Å². The molecule has 0 amide bonds. The highest BCUT2D eigenvalue weighted by atomic mass is 19.1. The Labute approximate surface area is 192 Å². The maximum absolute atomic E-state index is 15.4. The van der Waals surface area contributed by atoms with Gasteiger partial charge in [-0.1, -0.05) is 6.92 Å². The van der Waals surface area contributed by atoms with Crippen molar-refractivity contribution in [3.05, 3.63) is 60.8 Å². The summed E-state index contributed by atoms with van der Waals surface area (Å²) >= 11 is 0. The molecule has 0 saturated carbocycles. The third-order valence-electron chi connectivity index (χ3n) is 5.52. The number of hydrogen-bond donors (Lipinski definition) is 1. The number of nitrogens with one attached hydrogen (secondary N) is 1. The molecule has 0 saturated heterocycles. The Kier molecular flexibility index (Phi) is 6.74. The predicted octanol–water partition coefficient (Wildman–Crippen LogP) is 4.54. The summed E-state index contributed by atoms with van der Waals surface area (Å²) in [5, 5.41) is 8.52. The SMILES string of the molecule is CCNCCN(c1ccc2ncc(-c3cnn(C)c3)cc2c1)c1cc(OC)cc(OC)c1F. The second-order valence-electron chi connectivity index (χ2n) is 7.67. The van der Waals surface area contributed by atoms with Gasteiger partial charge in [-0.25, -0.2) is 4.39 Å². The first-order valence-electron chi connectivity index (χ1n) is 10.8. The van der Waals surface area contributed by atoms with Gasteiger partial charge in [0.25, 0.3) is 0 Å². The van der Waals surface area contributed by atoms with Gasteiger partial charge in [-0.3, -0.25) is 9.67 Å². The van der Waals surface area contributed by atoms with Gasteiger partial charge < -0.3 is 19.7 Å². The lowest BCUT2D eigenvalue weighted by atomic mass is 10.1. The van der Waals surface area contributed by atoms with Crippen LogP contribution in [-0.2, 0) is 7.05 Å². The first-order chi connectivity index (χ1) is 16.0. The van der Waals surface area contributed by atoms with E-state index in [1.54, 1.807) is 23.9 Å². The molecule has 0 radical (unpaired) electrons. The quantitative estimate of drug-likeness (QED) is 0.379. The highest BCUT2D eigenvalue weighted by Crippen LogP contribution is 2.37. The molecule has 0 fully saturated rings. The van der Waals surface area contributed by atoms with Gasteiger partial charge in [0.2, 0.25) is 0 Å². The van der Waals surface area contributed by atoms with Gasteiger partial charge >= 0.3 is 0 Å². The smallest absolute Gasteiger partial charge is 0.188 e. The molecule has 2 aromatic carbocycles. The maximum atomic E-state index is 15.4.